The lowest BCUT2D eigenvalue weighted by Crippen LogP contribution is -2.24. The number of hydrogen-bond acceptors (Lipinski definition) is 3. The van der Waals surface area contributed by atoms with E-state index in [9.17, 15) is 0 Å². The van der Waals surface area contributed by atoms with Gasteiger partial charge in [-0.3, -0.25) is 4.98 Å². The van der Waals surface area contributed by atoms with Crippen LogP contribution in [0.5, 0.6) is 5.75 Å². The molecule has 30 heavy (non-hydrogen) atoms. The van der Waals surface area contributed by atoms with Crippen molar-refractivity contribution in [1.82, 2.24) is 9.97 Å². The van der Waals surface area contributed by atoms with Gasteiger partial charge in [0.25, 0.3) is 0 Å². The molecule has 0 spiro atoms. The maximum absolute atomic E-state index is 6.58. The van der Waals surface area contributed by atoms with E-state index in [-0.39, 0.29) is 0 Å². The highest BCUT2D eigenvalue weighted by atomic mass is 127. The fourth-order valence-electron chi connectivity index (χ4n) is 5.21. The molecule has 164 valence electrons. The standard InChI is InChI=1S/C26H37IN2O/c27-22-12-14-23(15-13-22)30-25-19-21(18-24-26(25)29-17-16-28-24)20-10-8-6-4-2-1-3-5-7-9-11-20/h16-20,22-23H,1-15H2/t22-,23+. The Kier molecular flexibility index (Phi) is 8.65. The van der Waals surface area contributed by atoms with Gasteiger partial charge in [0.2, 0.25) is 0 Å². The van der Waals surface area contributed by atoms with Crippen molar-refractivity contribution in [2.24, 2.45) is 0 Å². The van der Waals surface area contributed by atoms with Crippen LogP contribution in [-0.2, 0) is 0 Å². The first-order chi connectivity index (χ1) is 14.8. The van der Waals surface area contributed by atoms with E-state index in [2.05, 4.69) is 44.7 Å². The summed E-state index contributed by atoms with van der Waals surface area (Å²) in [5.41, 5.74) is 3.36. The Labute approximate surface area is 195 Å². The summed E-state index contributed by atoms with van der Waals surface area (Å²) in [6.45, 7) is 0. The van der Waals surface area contributed by atoms with E-state index in [1.807, 2.05) is 6.20 Å². The third-order valence-electron chi connectivity index (χ3n) is 7.04. The minimum atomic E-state index is 0.327. The minimum Gasteiger partial charge on any atom is -0.488 e. The highest BCUT2D eigenvalue weighted by Crippen LogP contribution is 2.36. The fraction of sp³-hybridized carbons (Fsp3) is 0.692. The zero-order chi connectivity index (χ0) is 20.6. The van der Waals surface area contributed by atoms with Gasteiger partial charge in [-0.05, 0) is 62.1 Å². The average Bonchev–Trinajstić information content (AvgIpc) is 2.76. The molecule has 0 atom stereocenters. The number of aromatic nitrogens is 2. The summed E-state index contributed by atoms with van der Waals surface area (Å²) >= 11 is 2.59. The number of benzene rings is 1. The highest BCUT2D eigenvalue weighted by Gasteiger charge is 2.23. The summed E-state index contributed by atoms with van der Waals surface area (Å²) in [5.74, 6) is 1.60. The molecule has 0 unspecified atom stereocenters. The summed E-state index contributed by atoms with van der Waals surface area (Å²) < 4.78 is 7.39. The van der Waals surface area contributed by atoms with E-state index >= 15 is 0 Å². The SMILES string of the molecule is I[C@H]1CC[C@@H](Oc2cc(C3CCCCCCCCCCC3)cc3nccnc23)CC1. The molecule has 2 aliphatic carbocycles. The Bertz CT molecular complexity index is 776. The van der Waals surface area contributed by atoms with Gasteiger partial charge >= 0.3 is 0 Å². The van der Waals surface area contributed by atoms with E-state index in [1.165, 1.54) is 89.0 Å². The number of halogens is 1. The molecule has 0 amide bonds. The van der Waals surface area contributed by atoms with Crippen molar-refractivity contribution in [3.8, 4) is 5.75 Å². The third kappa shape index (κ3) is 6.30. The van der Waals surface area contributed by atoms with E-state index in [1.54, 1.807) is 6.20 Å². The van der Waals surface area contributed by atoms with Crippen LogP contribution < -0.4 is 4.74 Å². The second-order valence-electron chi connectivity index (χ2n) is 9.39. The van der Waals surface area contributed by atoms with Gasteiger partial charge in [-0.25, -0.2) is 4.98 Å². The van der Waals surface area contributed by atoms with Crippen LogP contribution >= 0.6 is 22.6 Å². The monoisotopic (exact) mass is 520 g/mol. The third-order valence-corrected chi connectivity index (χ3v) is 8.28. The lowest BCUT2D eigenvalue weighted by Gasteiger charge is -2.27. The average molecular weight is 520 g/mol. The van der Waals surface area contributed by atoms with E-state index in [0.29, 0.717) is 12.0 Å². The zero-order valence-corrected chi connectivity index (χ0v) is 20.5. The number of rotatable bonds is 3. The Morgan fingerprint density at radius 3 is 1.97 bits per heavy atom. The van der Waals surface area contributed by atoms with Gasteiger partial charge in [0.05, 0.1) is 11.6 Å². The van der Waals surface area contributed by atoms with Crippen LogP contribution in [0.15, 0.2) is 24.5 Å². The first kappa shape index (κ1) is 22.3. The molecule has 1 aromatic heterocycles. The van der Waals surface area contributed by atoms with Crippen LogP contribution in [0.1, 0.15) is 108 Å². The van der Waals surface area contributed by atoms with Gasteiger partial charge in [-0.15, -0.1) is 0 Å². The second kappa shape index (κ2) is 11.6. The van der Waals surface area contributed by atoms with Crippen molar-refractivity contribution in [2.75, 3.05) is 0 Å². The molecular formula is C26H37IN2O. The van der Waals surface area contributed by atoms with Crippen molar-refractivity contribution in [1.29, 1.82) is 0 Å². The van der Waals surface area contributed by atoms with Crippen molar-refractivity contribution < 1.29 is 4.74 Å². The topological polar surface area (TPSA) is 35.0 Å². The molecule has 1 aromatic carbocycles. The van der Waals surface area contributed by atoms with Crippen molar-refractivity contribution >= 4 is 33.6 Å². The smallest absolute Gasteiger partial charge is 0.147 e. The number of alkyl halides is 1. The number of hydrogen-bond donors (Lipinski definition) is 0. The normalized spacial score (nSPS) is 25.4. The molecule has 0 aliphatic heterocycles. The van der Waals surface area contributed by atoms with Crippen LogP contribution in [0.2, 0.25) is 0 Å². The van der Waals surface area contributed by atoms with Crippen LogP contribution in [0.4, 0.5) is 0 Å². The minimum absolute atomic E-state index is 0.327. The van der Waals surface area contributed by atoms with Crippen LogP contribution in [0, 0.1) is 0 Å². The first-order valence-corrected chi connectivity index (χ1v) is 13.6. The quantitative estimate of drug-likeness (QED) is 0.303. The fourth-order valence-corrected chi connectivity index (χ4v) is 5.92. The van der Waals surface area contributed by atoms with Crippen molar-refractivity contribution in [2.45, 2.75) is 112 Å². The molecule has 0 saturated heterocycles. The Morgan fingerprint density at radius 1 is 0.700 bits per heavy atom. The van der Waals surface area contributed by atoms with Crippen LogP contribution in [0.3, 0.4) is 0 Å². The van der Waals surface area contributed by atoms with Crippen molar-refractivity contribution in [3.63, 3.8) is 0 Å². The number of ether oxygens (including phenoxy) is 1. The molecule has 2 aliphatic rings. The summed E-state index contributed by atoms with van der Waals surface area (Å²) in [5, 5.41) is 0. The van der Waals surface area contributed by atoms with Gasteiger partial charge in [0.15, 0.2) is 0 Å². The highest BCUT2D eigenvalue weighted by molar-refractivity contribution is 14.1. The summed E-state index contributed by atoms with van der Waals surface area (Å²) in [6, 6.07) is 4.62. The molecule has 2 fully saturated rings. The molecule has 2 saturated carbocycles. The van der Waals surface area contributed by atoms with Crippen LogP contribution in [-0.4, -0.2) is 20.0 Å². The number of fused-ring (bicyclic) bond motifs is 1. The Morgan fingerprint density at radius 2 is 1.30 bits per heavy atom. The second-order valence-corrected chi connectivity index (χ2v) is 11.2. The molecule has 3 nitrogen and oxygen atoms in total. The summed E-state index contributed by atoms with van der Waals surface area (Å²) in [6.07, 6.45) is 23.9. The molecule has 0 radical (unpaired) electrons. The molecule has 0 N–H and O–H groups in total. The summed E-state index contributed by atoms with van der Waals surface area (Å²) in [7, 11) is 0. The van der Waals surface area contributed by atoms with Gasteiger partial charge in [-0.2, -0.15) is 0 Å². The maximum atomic E-state index is 6.58. The van der Waals surface area contributed by atoms with E-state index in [4.69, 9.17) is 4.74 Å². The largest absolute Gasteiger partial charge is 0.488 e. The van der Waals surface area contributed by atoms with Gasteiger partial charge < -0.3 is 4.74 Å². The molecule has 4 heteroatoms. The predicted octanol–water partition coefficient (Wildman–Crippen LogP) is 8.14. The van der Waals surface area contributed by atoms with Gasteiger partial charge in [0, 0.05) is 16.3 Å². The maximum Gasteiger partial charge on any atom is 0.147 e. The van der Waals surface area contributed by atoms with Gasteiger partial charge in [-0.1, -0.05) is 80.4 Å². The Balaban J connectivity index is 1.55. The number of nitrogens with zero attached hydrogens (tertiary/aromatic N) is 2. The van der Waals surface area contributed by atoms with Crippen LogP contribution in [0.25, 0.3) is 11.0 Å². The lowest BCUT2D eigenvalue weighted by atomic mass is 9.87. The van der Waals surface area contributed by atoms with E-state index in [0.717, 1.165) is 33.5 Å². The molecule has 2 aromatic rings. The molecular weight excluding hydrogens is 483 g/mol. The predicted molar refractivity (Wildman–Crippen MR) is 134 cm³/mol. The molecule has 4 rings (SSSR count). The first-order valence-electron chi connectivity index (χ1n) is 12.3. The van der Waals surface area contributed by atoms with Gasteiger partial charge in [0.1, 0.15) is 11.3 Å². The zero-order valence-electron chi connectivity index (χ0n) is 18.3. The van der Waals surface area contributed by atoms with E-state index < -0.39 is 0 Å². The summed E-state index contributed by atoms with van der Waals surface area (Å²) in [4.78, 5) is 9.30. The molecule has 1 heterocycles. The Hall–Kier alpha value is -0.910. The lowest BCUT2D eigenvalue weighted by molar-refractivity contribution is 0.160. The van der Waals surface area contributed by atoms with Crippen molar-refractivity contribution in [3.05, 3.63) is 30.1 Å². The molecule has 0 bridgehead atoms.